The van der Waals surface area contributed by atoms with E-state index in [2.05, 4.69) is 21.9 Å². The van der Waals surface area contributed by atoms with Gasteiger partial charge >= 0.3 is 6.01 Å². The first-order valence-corrected chi connectivity index (χ1v) is 6.47. The lowest BCUT2D eigenvalue weighted by Crippen LogP contribution is -2.40. The Labute approximate surface area is 108 Å². The Kier molecular flexibility index (Phi) is 4.49. The summed E-state index contributed by atoms with van der Waals surface area (Å²) in [5, 5.41) is 9.05. The molecule has 0 aliphatic carbocycles. The van der Waals surface area contributed by atoms with Crippen molar-refractivity contribution in [3.05, 3.63) is 17.5 Å². The van der Waals surface area contributed by atoms with Crippen LogP contribution in [0.4, 0.5) is 0 Å². The van der Waals surface area contributed by atoms with E-state index in [0.717, 1.165) is 17.8 Å². The second kappa shape index (κ2) is 6.11. The van der Waals surface area contributed by atoms with Crippen LogP contribution < -0.4 is 4.74 Å². The van der Waals surface area contributed by atoms with E-state index in [1.807, 2.05) is 6.92 Å². The number of hydrogen-bond acceptors (Lipinski definition) is 5. The molecule has 5 heteroatoms. The van der Waals surface area contributed by atoms with Gasteiger partial charge in [0, 0.05) is 17.8 Å². The van der Waals surface area contributed by atoms with E-state index in [-0.39, 0.29) is 6.61 Å². The number of aliphatic hydroxyl groups excluding tert-OH is 1. The Hall–Kier alpha value is -1.20. The molecule has 0 radical (unpaired) electrons. The molecule has 1 saturated heterocycles. The summed E-state index contributed by atoms with van der Waals surface area (Å²) >= 11 is 0. The van der Waals surface area contributed by atoms with Gasteiger partial charge in [-0.25, -0.2) is 9.97 Å². The van der Waals surface area contributed by atoms with Crippen LogP contribution in [0.25, 0.3) is 0 Å². The van der Waals surface area contributed by atoms with Crippen LogP contribution in [-0.2, 0) is 6.61 Å². The molecule has 0 spiro atoms. The summed E-state index contributed by atoms with van der Waals surface area (Å²) in [7, 11) is 2.13. The molecule has 1 unspecified atom stereocenters. The molecule has 0 aromatic carbocycles. The fraction of sp³-hybridized carbons (Fsp3) is 0.692. The smallest absolute Gasteiger partial charge is 0.316 e. The lowest BCUT2D eigenvalue weighted by molar-refractivity contribution is 0.119. The van der Waals surface area contributed by atoms with Crippen LogP contribution in [0.2, 0.25) is 0 Å². The van der Waals surface area contributed by atoms with E-state index in [1.54, 1.807) is 6.20 Å². The molecule has 1 fully saturated rings. The summed E-state index contributed by atoms with van der Waals surface area (Å²) in [6, 6.07) is 0.865. The Morgan fingerprint density at radius 2 is 2.33 bits per heavy atom. The third-order valence-electron chi connectivity index (χ3n) is 3.56. The Morgan fingerprint density at radius 3 is 3.00 bits per heavy atom. The number of likely N-dealkylation sites (N-methyl/N-ethyl adjacent to an activating group) is 1. The molecule has 18 heavy (non-hydrogen) atoms. The highest BCUT2D eigenvalue weighted by Gasteiger charge is 2.19. The van der Waals surface area contributed by atoms with Crippen molar-refractivity contribution in [2.75, 3.05) is 20.2 Å². The van der Waals surface area contributed by atoms with Crippen molar-refractivity contribution in [2.24, 2.45) is 0 Å². The van der Waals surface area contributed by atoms with Gasteiger partial charge < -0.3 is 14.7 Å². The maximum atomic E-state index is 9.05. The molecular formula is C13H21N3O2. The second-order valence-corrected chi connectivity index (χ2v) is 4.86. The van der Waals surface area contributed by atoms with Crippen molar-refractivity contribution >= 4 is 0 Å². The SMILES string of the molecule is Cc1nc(OCC2CCCCN2C)ncc1CO. The van der Waals surface area contributed by atoms with E-state index in [0.29, 0.717) is 18.7 Å². The maximum Gasteiger partial charge on any atom is 0.316 e. The van der Waals surface area contributed by atoms with Crippen LogP contribution in [0, 0.1) is 6.92 Å². The maximum absolute atomic E-state index is 9.05. The summed E-state index contributed by atoms with van der Waals surface area (Å²) in [5.74, 6) is 0. The molecule has 0 bridgehead atoms. The number of aliphatic hydroxyl groups is 1. The van der Waals surface area contributed by atoms with E-state index in [1.165, 1.54) is 19.3 Å². The van der Waals surface area contributed by atoms with Gasteiger partial charge in [-0.15, -0.1) is 0 Å². The largest absolute Gasteiger partial charge is 0.462 e. The van der Waals surface area contributed by atoms with Gasteiger partial charge in [-0.05, 0) is 33.4 Å². The van der Waals surface area contributed by atoms with Gasteiger partial charge in [-0.1, -0.05) is 6.42 Å². The van der Waals surface area contributed by atoms with Crippen molar-refractivity contribution in [3.63, 3.8) is 0 Å². The van der Waals surface area contributed by atoms with Gasteiger partial charge in [0.1, 0.15) is 6.61 Å². The molecule has 2 rings (SSSR count). The highest BCUT2D eigenvalue weighted by atomic mass is 16.5. The van der Waals surface area contributed by atoms with E-state index < -0.39 is 0 Å². The van der Waals surface area contributed by atoms with Gasteiger partial charge in [-0.2, -0.15) is 0 Å². The van der Waals surface area contributed by atoms with Crippen molar-refractivity contribution < 1.29 is 9.84 Å². The molecule has 1 aliphatic rings. The zero-order valence-electron chi connectivity index (χ0n) is 11.1. The summed E-state index contributed by atoms with van der Waals surface area (Å²) in [5.41, 5.74) is 1.52. The normalized spacial score (nSPS) is 20.9. The van der Waals surface area contributed by atoms with Crippen molar-refractivity contribution in [3.8, 4) is 6.01 Å². The van der Waals surface area contributed by atoms with Crippen LogP contribution in [0.15, 0.2) is 6.20 Å². The van der Waals surface area contributed by atoms with E-state index >= 15 is 0 Å². The Bertz CT molecular complexity index is 398. The first-order chi connectivity index (χ1) is 8.70. The molecule has 100 valence electrons. The van der Waals surface area contributed by atoms with E-state index in [9.17, 15) is 0 Å². The van der Waals surface area contributed by atoms with Crippen LogP contribution in [0.1, 0.15) is 30.5 Å². The fourth-order valence-electron chi connectivity index (χ4n) is 2.22. The molecular weight excluding hydrogens is 230 g/mol. The van der Waals surface area contributed by atoms with Gasteiger partial charge in [-0.3, -0.25) is 0 Å². The zero-order valence-corrected chi connectivity index (χ0v) is 11.1. The average molecular weight is 251 g/mol. The highest BCUT2D eigenvalue weighted by Crippen LogP contribution is 2.16. The predicted octanol–water partition coefficient (Wildman–Crippen LogP) is 1.14. The van der Waals surface area contributed by atoms with Crippen LogP contribution >= 0.6 is 0 Å². The number of nitrogens with zero attached hydrogens (tertiary/aromatic N) is 3. The molecule has 0 amide bonds. The van der Waals surface area contributed by atoms with Gasteiger partial charge in [0.15, 0.2) is 0 Å². The van der Waals surface area contributed by atoms with Gasteiger partial charge in [0.2, 0.25) is 0 Å². The third kappa shape index (κ3) is 3.17. The number of aryl methyl sites for hydroxylation is 1. The van der Waals surface area contributed by atoms with Crippen molar-refractivity contribution in [1.29, 1.82) is 0 Å². The molecule has 1 atom stereocenters. The number of ether oxygens (including phenoxy) is 1. The van der Waals surface area contributed by atoms with E-state index in [4.69, 9.17) is 9.84 Å². The number of piperidine rings is 1. The molecule has 1 aromatic rings. The quantitative estimate of drug-likeness (QED) is 0.869. The topological polar surface area (TPSA) is 58.5 Å². The number of rotatable bonds is 4. The first kappa shape index (κ1) is 13.2. The highest BCUT2D eigenvalue weighted by molar-refractivity contribution is 5.16. The van der Waals surface area contributed by atoms with Gasteiger partial charge in [0.05, 0.1) is 12.3 Å². The summed E-state index contributed by atoms with van der Waals surface area (Å²) in [6.07, 6.45) is 5.34. The standard InChI is InChI=1S/C13H21N3O2/c1-10-11(8-17)7-14-13(15-10)18-9-12-5-3-4-6-16(12)2/h7,12,17H,3-6,8-9H2,1-2H3. The Balaban J connectivity index is 1.91. The van der Waals surface area contributed by atoms with Gasteiger partial charge in [0.25, 0.3) is 0 Å². The minimum Gasteiger partial charge on any atom is -0.462 e. The molecule has 1 aromatic heterocycles. The molecule has 1 aliphatic heterocycles. The zero-order chi connectivity index (χ0) is 13.0. The Morgan fingerprint density at radius 1 is 1.50 bits per heavy atom. The number of hydrogen-bond donors (Lipinski definition) is 1. The van der Waals surface area contributed by atoms with Crippen molar-refractivity contribution in [2.45, 2.75) is 38.8 Å². The minimum absolute atomic E-state index is 0.0303. The first-order valence-electron chi connectivity index (χ1n) is 6.47. The van der Waals surface area contributed by atoms with Crippen LogP contribution in [0.3, 0.4) is 0 Å². The third-order valence-corrected chi connectivity index (χ3v) is 3.56. The molecule has 0 saturated carbocycles. The predicted molar refractivity (Wildman–Crippen MR) is 68.5 cm³/mol. The summed E-state index contributed by atoms with van der Waals surface area (Å²) < 4.78 is 5.65. The van der Waals surface area contributed by atoms with Crippen LogP contribution in [0.5, 0.6) is 6.01 Å². The minimum atomic E-state index is -0.0303. The second-order valence-electron chi connectivity index (χ2n) is 4.86. The molecule has 5 nitrogen and oxygen atoms in total. The molecule has 2 heterocycles. The fourth-order valence-corrected chi connectivity index (χ4v) is 2.22. The lowest BCUT2D eigenvalue weighted by atomic mass is 10.0. The molecule has 1 N–H and O–H groups in total. The van der Waals surface area contributed by atoms with Crippen molar-refractivity contribution in [1.82, 2.24) is 14.9 Å². The lowest BCUT2D eigenvalue weighted by Gasteiger charge is -2.31. The van der Waals surface area contributed by atoms with Crippen LogP contribution in [-0.4, -0.2) is 46.2 Å². The summed E-state index contributed by atoms with van der Waals surface area (Å²) in [6.45, 7) is 3.59. The average Bonchev–Trinajstić information content (AvgIpc) is 2.38. The number of likely N-dealkylation sites (tertiary alicyclic amines) is 1. The summed E-state index contributed by atoms with van der Waals surface area (Å²) in [4.78, 5) is 10.7. The monoisotopic (exact) mass is 251 g/mol. The number of aromatic nitrogens is 2.